The van der Waals surface area contributed by atoms with Gasteiger partial charge in [-0.2, -0.15) is 8.78 Å². The number of hydrogen-bond acceptors (Lipinski definition) is 2. The van der Waals surface area contributed by atoms with E-state index in [0.29, 0.717) is 0 Å². The van der Waals surface area contributed by atoms with E-state index < -0.39 is 12.1 Å². The number of ether oxygens (including phenoxy) is 1. The van der Waals surface area contributed by atoms with Crippen molar-refractivity contribution in [3.63, 3.8) is 0 Å². The third-order valence-corrected chi connectivity index (χ3v) is 1.89. The van der Waals surface area contributed by atoms with Gasteiger partial charge in [0.05, 0.1) is 10.6 Å². The lowest BCUT2D eigenvalue weighted by Gasteiger charge is -2.12. The minimum absolute atomic E-state index is 0.0577. The van der Waals surface area contributed by atoms with Crippen LogP contribution >= 0.6 is 11.6 Å². The number of benzene rings is 1. The van der Waals surface area contributed by atoms with Gasteiger partial charge in [0, 0.05) is 6.08 Å². The molecule has 0 unspecified atom stereocenters. The largest absolute Gasteiger partial charge is 0.421 e. The van der Waals surface area contributed by atoms with E-state index >= 15 is 0 Å². The highest BCUT2D eigenvalue weighted by Crippen LogP contribution is 2.22. The second-order valence-electron chi connectivity index (χ2n) is 2.64. The Morgan fingerprint density at radius 2 is 2.07 bits per heavy atom. The van der Waals surface area contributed by atoms with Gasteiger partial charge in [0.1, 0.15) is 0 Å². The highest BCUT2D eigenvalue weighted by molar-refractivity contribution is 6.33. The first-order valence-corrected chi connectivity index (χ1v) is 4.33. The molecular formula is C10H7ClF2O2. The van der Waals surface area contributed by atoms with Crippen LogP contribution in [0.15, 0.2) is 36.9 Å². The fraction of sp³-hybridized carbons (Fsp3) is 0.100. The summed E-state index contributed by atoms with van der Waals surface area (Å²) in [5.74, 6) is -1.19. The first kappa shape index (κ1) is 11.7. The van der Waals surface area contributed by atoms with E-state index in [-0.39, 0.29) is 16.7 Å². The molecule has 1 rings (SSSR count). The number of halogens is 3. The molecular weight excluding hydrogens is 226 g/mol. The summed E-state index contributed by atoms with van der Waals surface area (Å²) in [5.41, 5.74) is -0.110. The Hall–Kier alpha value is -1.42. The van der Waals surface area contributed by atoms with E-state index in [1.54, 1.807) is 6.07 Å². The number of rotatable bonds is 3. The van der Waals surface area contributed by atoms with Crippen molar-refractivity contribution in [3.05, 3.63) is 47.5 Å². The predicted molar refractivity (Wildman–Crippen MR) is 52.0 cm³/mol. The van der Waals surface area contributed by atoms with Gasteiger partial charge in [-0.25, -0.2) is 4.79 Å². The van der Waals surface area contributed by atoms with Crippen molar-refractivity contribution in [1.82, 2.24) is 0 Å². The lowest BCUT2D eigenvalue weighted by molar-refractivity contribution is -0.160. The molecule has 0 fully saturated rings. The molecule has 0 aliphatic carbocycles. The van der Waals surface area contributed by atoms with Crippen molar-refractivity contribution in [2.24, 2.45) is 0 Å². The van der Waals surface area contributed by atoms with E-state index in [0.717, 1.165) is 0 Å². The van der Waals surface area contributed by atoms with Gasteiger partial charge < -0.3 is 4.74 Å². The third kappa shape index (κ3) is 3.02. The van der Waals surface area contributed by atoms with Crippen LogP contribution in [0.25, 0.3) is 0 Å². The van der Waals surface area contributed by atoms with E-state index in [9.17, 15) is 13.6 Å². The Kier molecular flexibility index (Phi) is 3.42. The summed E-state index contributed by atoms with van der Waals surface area (Å²) in [6.45, 7) is 2.84. The Balaban J connectivity index is 2.87. The Morgan fingerprint density at radius 3 is 2.60 bits per heavy atom. The fourth-order valence-corrected chi connectivity index (χ4v) is 1.06. The van der Waals surface area contributed by atoms with Gasteiger partial charge in [0.25, 0.3) is 0 Å². The molecule has 0 bridgehead atoms. The summed E-state index contributed by atoms with van der Waals surface area (Å²) < 4.78 is 29.1. The van der Waals surface area contributed by atoms with E-state index in [1.165, 1.54) is 18.2 Å². The molecule has 0 amide bonds. The molecule has 0 spiro atoms. The molecule has 0 N–H and O–H groups in total. The molecule has 0 atom stereocenters. The van der Waals surface area contributed by atoms with Gasteiger partial charge in [-0.05, 0) is 12.1 Å². The fourth-order valence-electron chi connectivity index (χ4n) is 0.847. The molecule has 0 aliphatic heterocycles. The van der Waals surface area contributed by atoms with Crippen molar-refractivity contribution in [2.45, 2.75) is 6.11 Å². The topological polar surface area (TPSA) is 26.3 Å². The molecule has 5 heteroatoms. The standard InChI is InChI=1S/C10H7ClF2O2/c1-2-10(12,13)15-9(14)7-5-3-4-6-8(7)11/h2-6H,1H2. The SMILES string of the molecule is C=CC(F)(F)OC(=O)c1ccccc1Cl. The number of carbonyl (C=O) groups is 1. The van der Waals surface area contributed by atoms with Crippen LogP contribution in [-0.2, 0) is 4.74 Å². The third-order valence-electron chi connectivity index (χ3n) is 1.56. The average molecular weight is 233 g/mol. The second kappa shape index (κ2) is 4.40. The minimum Gasteiger partial charge on any atom is -0.394 e. The monoisotopic (exact) mass is 232 g/mol. The normalized spacial score (nSPS) is 10.9. The molecule has 80 valence electrons. The summed E-state index contributed by atoms with van der Waals surface area (Å²) >= 11 is 5.62. The molecule has 0 saturated carbocycles. The summed E-state index contributed by atoms with van der Waals surface area (Å²) in [6.07, 6.45) is -3.45. The van der Waals surface area contributed by atoms with Crippen LogP contribution in [0.2, 0.25) is 5.02 Å². The predicted octanol–water partition coefficient (Wildman–Crippen LogP) is 3.28. The van der Waals surface area contributed by atoms with Gasteiger partial charge in [0.15, 0.2) is 0 Å². The summed E-state index contributed by atoms with van der Waals surface area (Å²) in [7, 11) is 0. The lowest BCUT2D eigenvalue weighted by atomic mass is 10.2. The van der Waals surface area contributed by atoms with Gasteiger partial charge >= 0.3 is 12.1 Å². The molecule has 1 aromatic rings. The van der Waals surface area contributed by atoms with Crippen molar-refractivity contribution in [3.8, 4) is 0 Å². The van der Waals surface area contributed by atoms with Crippen LogP contribution in [0.4, 0.5) is 8.78 Å². The van der Waals surface area contributed by atoms with Crippen molar-refractivity contribution in [1.29, 1.82) is 0 Å². The van der Waals surface area contributed by atoms with Gasteiger partial charge in [-0.3, -0.25) is 0 Å². The number of hydrogen-bond donors (Lipinski definition) is 0. The Morgan fingerprint density at radius 1 is 1.47 bits per heavy atom. The highest BCUT2D eigenvalue weighted by Gasteiger charge is 2.30. The number of esters is 1. The van der Waals surface area contributed by atoms with Crippen LogP contribution in [0.3, 0.4) is 0 Å². The first-order chi connectivity index (χ1) is 6.96. The average Bonchev–Trinajstić information content (AvgIpc) is 2.17. The Bertz CT molecular complexity index is 391. The Labute approximate surface area is 90.1 Å². The van der Waals surface area contributed by atoms with Gasteiger partial charge in [-0.15, -0.1) is 0 Å². The second-order valence-corrected chi connectivity index (χ2v) is 3.04. The molecule has 1 aromatic carbocycles. The smallest absolute Gasteiger partial charge is 0.394 e. The summed E-state index contributed by atoms with van der Waals surface area (Å²) in [6, 6.07) is 5.77. The molecule has 15 heavy (non-hydrogen) atoms. The zero-order valence-corrected chi connectivity index (χ0v) is 8.30. The molecule has 2 nitrogen and oxygen atoms in total. The van der Waals surface area contributed by atoms with E-state index in [1.807, 2.05) is 0 Å². The maximum absolute atomic E-state index is 12.6. The molecule has 0 aromatic heterocycles. The van der Waals surface area contributed by atoms with Crippen LogP contribution in [-0.4, -0.2) is 12.1 Å². The first-order valence-electron chi connectivity index (χ1n) is 3.95. The summed E-state index contributed by atoms with van der Waals surface area (Å²) in [4.78, 5) is 11.2. The summed E-state index contributed by atoms with van der Waals surface area (Å²) in [5, 5.41) is 0.0577. The van der Waals surface area contributed by atoms with Crippen molar-refractivity contribution in [2.75, 3.05) is 0 Å². The number of alkyl halides is 2. The zero-order chi connectivity index (χ0) is 11.5. The molecule has 0 radical (unpaired) electrons. The van der Waals surface area contributed by atoms with Crippen molar-refractivity contribution < 1.29 is 18.3 Å². The van der Waals surface area contributed by atoms with Crippen LogP contribution in [0, 0.1) is 0 Å². The van der Waals surface area contributed by atoms with Crippen LogP contribution in [0.1, 0.15) is 10.4 Å². The molecule has 0 saturated heterocycles. The van der Waals surface area contributed by atoms with Crippen molar-refractivity contribution >= 4 is 17.6 Å². The highest BCUT2D eigenvalue weighted by atomic mass is 35.5. The van der Waals surface area contributed by atoms with E-state index in [4.69, 9.17) is 11.6 Å². The molecule has 0 aliphatic rings. The maximum atomic E-state index is 12.6. The van der Waals surface area contributed by atoms with E-state index in [2.05, 4.69) is 11.3 Å². The number of carbonyl (C=O) groups excluding carboxylic acids is 1. The van der Waals surface area contributed by atoms with Gasteiger partial charge in [-0.1, -0.05) is 30.3 Å². The molecule has 0 heterocycles. The quantitative estimate of drug-likeness (QED) is 0.591. The maximum Gasteiger partial charge on any atom is 0.421 e. The lowest BCUT2D eigenvalue weighted by Crippen LogP contribution is -2.22. The van der Waals surface area contributed by atoms with Crippen LogP contribution < -0.4 is 0 Å². The van der Waals surface area contributed by atoms with Gasteiger partial charge in [0.2, 0.25) is 0 Å². The van der Waals surface area contributed by atoms with Crippen LogP contribution in [0.5, 0.6) is 0 Å². The zero-order valence-electron chi connectivity index (χ0n) is 7.54. The minimum atomic E-state index is -3.68.